The summed E-state index contributed by atoms with van der Waals surface area (Å²) in [7, 11) is 3.70. The molecular weight excluding hydrogens is 326 g/mol. The number of methoxy groups -OCH3 is 1. The largest absolute Gasteiger partial charge is 0.496 e. The summed E-state index contributed by atoms with van der Waals surface area (Å²) in [6.45, 7) is 6.47. The van der Waals surface area contributed by atoms with Crippen molar-refractivity contribution in [3.05, 3.63) is 62.6 Å². The first kappa shape index (κ1) is 16.1. The molecule has 0 fully saturated rings. The van der Waals surface area contributed by atoms with Crippen LogP contribution in [0.25, 0.3) is 0 Å². The lowest BCUT2D eigenvalue weighted by molar-refractivity contribution is 0.405. The van der Waals surface area contributed by atoms with Crippen LogP contribution in [0, 0.1) is 20.8 Å². The number of hydrogen-bond donors (Lipinski definition) is 1. The monoisotopic (exact) mass is 347 g/mol. The maximum atomic E-state index is 5.55. The molecular formula is C18H22BrNO. The summed E-state index contributed by atoms with van der Waals surface area (Å²) < 4.78 is 6.58. The van der Waals surface area contributed by atoms with Crippen molar-refractivity contribution in [1.29, 1.82) is 0 Å². The molecule has 1 atom stereocenters. The lowest BCUT2D eigenvalue weighted by Crippen LogP contribution is -2.19. The highest BCUT2D eigenvalue weighted by atomic mass is 79.9. The van der Waals surface area contributed by atoms with E-state index < -0.39 is 0 Å². The molecule has 2 nitrogen and oxygen atoms in total. The minimum atomic E-state index is 0.118. The molecule has 0 radical (unpaired) electrons. The minimum Gasteiger partial charge on any atom is -0.496 e. The van der Waals surface area contributed by atoms with E-state index in [1.54, 1.807) is 7.11 Å². The summed E-state index contributed by atoms with van der Waals surface area (Å²) in [4.78, 5) is 0. The van der Waals surface area contributed by atoms with Crippen LogP contribution < -0.4 is 10.1 Å². The molecule has 0 saturated heterocycles. The van der Waals surface area contributed by atoms with Gasteiger partial charge in [-0.2, -0.15) is 0 Å². The van der Waals surface area contributed by atoms with Crippen LogP contribution in [0.3, 0.4) is 0 Å². The van der Waals surface area contributed by atoms with Gasteiger partial charge in [-0.1, -0.05) is 34.1 Å². The molecule has 0 amide bonds. The van der Waals surface area contributed by atoms with Crippen LogP contribution in [0.4, 0.5) is 0 Å². The van der Waals surface area contributed by atoms with E-state index >= 15 is 0 Å². The van der Waals surface area contributed by atoms with Crippen LogP contribution in [0.1, 0.15) is 33.9 Å². The quantitative estimate of drug-likeness (QED) is 0.865. The molecule has 0 saturated carbocycles. The Morgan fingerprint density at radius 1 is 0.952 bits per heavy atom. The Hall–Kier alpha value is -1.32. The van der Waals surface area contributed by atoms with Gasteiger partial charge < -0.3 is 10.1 Å². The highest BCUT2D eigenvalue weighted by molar-refractivity contribution is 9.10. The van der Waals surface area contributed by atoms with Gasteiger partial charge in [-0.3, -0.25) is 0 Å². The van der Waals surface area contributed by atoms with Crippen LogP contribution in [0.2, 0.25) is 0 Å². The van der Waals surface area contributed by atoms with Gasteiger partial charge in [0.2, 0.25) is 0 Å². The van der Waals surface area contributed by atoms with E-state index in [0.29, 0.717) is 0 Å². The van der Waals surface area contributed by atoms with Crippen LogP contribution >= 0.6 is 15.9 Å². The molecule has 0 aromatic heterocycles. The molecule has 0 aliphatic rings. The molecule has 3 heteroatoms. The molecule has 0 aliphatic heterocycles. The zero-order valence-electron chi connectivity index (χ0n) is 13.3. The van der Waals surface area contributed by atoms with Gasteiger partial charge in [-0.25, -0.2) is 0 Å². The fourth-order valence-corrected chi connectivity index (χ4v) is 3.04. The second kappa shape index (κ2) is 6.63. The van der Waals surface area contributed by atoms with Crippen LogP contribution in [-0.4, -0.2) is 14.2 Å². The SMILES string of the molecule is CNC(c1cc(C)c(C)cc1C)c1ccc(Br)cc1OC. The van der Waals surface area contributed by atoms with Gasteiger partial charge >= 0.3 is 0 Å². The van der Waals surface area contributed by atoms with Crippen molar-refractivity contribution in [3.8, 4) is 5.75 Å². The summed E-state index contributed by atoms with van der Waals surface area (Å²) >= 11 is 3.50. The molecule has 0 aliphatic carbocycles. The highest BCUT2D eigenvalue weighted by Crippen LogP contribution is 2.34. The van der Waals surface area contributed by atoms with E-state index in [2.05, 4.69) is 66.3 Å². The summed E-state index contributed by atoms with van der Waals surface area (Å²) in [5, 5.41) is 3.42. The predicted octanol–water partition coefficient (Wildman–Crippen LogP) is 4.69. The van der Waals surface area contributed by atoms with Crippen LogP contribution in [0.5, 0.6) is 5.75 Å². The molecule has 2 aromatic carbocycles. The summed E-state index contributed by atoms with van der Waals surface area (Å²) in [5.41, 5.74) is 6.37. The Balaban J connectivity index is 2.57. The number of hydrogen-bond acceptors (Lipinski definition) is 2. The summed E-state index contributed by atoms with van der Waals surface area (Å²) in [5.74, 6) is 0.890. The van der Waals surface area contributed by atoms with Crippen molar-refractivity contribution >= 4 is 15.9 Å². The Labute approximate surface area is 135 Å². The lowest BCUT2D eigenvalue weighted by atomic mass is 9.91. The van der Waals surface area contributed by atoms with Gasteiger partial charge in [0.1, 0.15) is 5.75 Å². The number of aryl methyl sites for hydroxylation is 3. The lowest BCUT2D eigenvalue weighted by Gasteiger charge is -2.23. The van der Waals surface area contributed by atoms with Gasteiger partial charge in [0.15, 0.2) is 0 Å². The average molecular weight is 348 g/mol. The predicted molar refractivity (Wildman–Crippen MR) is 92.2 cm³/mol. The minimum absolute atomic E-state index is 0.118. The average Bonchev–Trinajstić information content (AvgIpc) is 2.46. The number of ether oxygens (including phenoxy) is 1. The Morgan fingerprint density at radius 3 is 2.24 bits per heavy atom. The summed E-state index contributed by atoms with van der Waals surface area (Å²) in [6, 6.07) is 10.8. The number of benzene rings is 2. The van der Waals surface area contributed by atoms with Crippen molar-refractivity contribution < 1.29 is 4.74 Å². The van der Waals surface area contributed by atoms with Crippen LogP contribution in [-0.2, 0) is 0 Å². The molecule has 0 heterocycles. The molecule has 0 spiro atoms. The molecule has 2 aromatic rings. The van der Waals surface area contributed by atoms with Crippen molar-refractivity contribution in [2.24, 2.45) is 0 Å². The van der Waals surface area contributed by atoms with Gasteiger partial charge in [0.05, 0.1) is 13.2 Å². The van der Waals surface area contributed by atoms with E-state index in [0.717, 1.165) is 15.8 Å². The second-order valence-electron chi connectivity index (χ2n) is 5.40. The number of nitrogens with one attached hydrogen (secondary N) is 1. The van der Waals surface area contributed by atoms with E-state index in [4.69, 9.17) is 4.74 Å². The zero-order chi connectivity index (χ0) is 15.6. The first-order chi connectivity index (χ1) is 9.97. The third kappa shape index (κ3) is 3.30. The van der Waals surface area contributed by atoms with Crippen molar-refractivity contribution in [1.82, 2.24) is 5.32 Å². The topological polar surface area (TPSA) is 21.3 Å². The standard InChI is InChI=1S/C18H22BrNO/c1-11-8-13(3)16(9-12(11)2)18(20-4)15-7-6-14(19)10-17(15)21-5/h6-10,18,20H,1-5H3. The van der Waals surface area contributed by atoms with Crippen molar-refractivity contribution in [2.45, 2.75) is 26.8 Å². The van der Waals surface area contributed by atoms with Gasteiger partial charge in [0, 0.05) is 10.0 Å². The molecule has 2 rings (SSSR count). The zero-order valence-corrected chi connectivity index (χ0v) is 14.8. The first-order valence-electron chi connectivity index (χ1n) is 7.06. The van der Waals surface area contributed by atoms with E-state index in [1.165, 1.54) is 22.3 Å². The third-order valence-corrected chi connectivity index (χ3v) is 4.48. The first-order valence-corrected chi connectivity index (χ1v) is 7.85. The molecule has 1 unspecified atom stereocenters. The Kier molecular flexibility index (Phi) is 5.07. The summed E-state index contributed by atoms with van der Waals surface area (Å²) in [6.07, 6.45) is 0. The molecule has 112 valence electrons. The normalized spacial score (nSPS) is 12.3. The fraction of sp³-hybridized carbons (Fsp3) is 0.333. The van der Waals surface area contributed by atoms with Crippen molar-refractivity contribution in [2.75, 3.05) is 14.2 Å². The Bertz CT molecular complexity index is 652. The van der Waals surface area contributed by atoms with E-state index in [-0.39, 0.29) is 6.04 Å². The number of halogens is 1. The van der Waals surface area contributed by atoms with E-state index in [1.807, 2.05) is 13.1 Å². The Morgan fingerprint density at radius 2 is 1.62 bits per heavy atom. The van der Waals surface area contributed by atoms with Gasteiger partial charge in [-0.15, -0.1) is 0 Å². The molecule has 1 N–H and O–H groups in total. The maximum absolute atomic E-state index is 5.55. The highest BCUT2D eigenvalue weighted by Gasteiger charge is 2.19. The number of rotatable bonds is 4. The molecule has 21 heavy (non-hydrogen) atoms. The van der Waals surface area contributed by atoms with Gasteiger partial charge in [0.25, 0.3) is 0 Å². The maximum Gasteiger partial charge on any atom is 0.125 e. The van der Waals surface area contributed by atoms with Crippen molar-refractivity contribution in [3.63, 3.8) is 0 Å². The smallest absolute Gasteiger partial charge is 0.125 e. The van der Waals surface area contributed by atoms with Gasteiger partial charge in [-0.05, 0) is 62.2 Å². The van der Waals surface area contributed by atoms with E-state index in [9.17, 15) is 0 Å². The third-order valence-electron chi connectivity index (χ3n) is 3.99. The second-order valence-corrected chi connectivity index (χ2v) is 6.32. The van der Waals surface area contributed by atoms with Crippen LogP contribution in [0.15, 0.2) is 34.8 Å². The molecule has 0 bridgehead atoms. The fourth-order valence-electron chi connectivity index (χ4n) is 2.70.